The molecule has 0 aliphatic heterocycles. The third kappa shape index (κ3) is 4.11. The summed E-state index contributed by atoms with van der Waals surface area (Å²) in [6.07, 6.45) is 4.25. The van der Waals surface area contributed by atoms with E-state index in [-0.39, 0.29) is 5.92 Å². The summed E-state index contributed by atoms with van der Waals surface area (Å²) >= 11 is 0. The number of aromatic nitrogens is 2. The van der Waals surface area contributed by atoms with Gasteiger partial charge in [-0.25, -0.2) is 9.97 Å². The number of nitrogens with zero attached hydrogens (tertiary/aromatic N) is 2. The third-order valence-corrected chi connectivity index (χ3v) is 2.84. The molecule has 0 saturated heterocycles. The molecule has 5 nitrogen and oxygen atoms in total. The fourth-order valence-electron chi connectivity index (χ4n) is 1.51. The fraction of sp³-hybridized carbons (Fsp3) is 0.583. The molecule has 1 rings (SSSR count). The predicted octanol–water partition coefficient (Wildman–Crippen LogP) is 1.37. The normalized spacial score (nSPS) is 14.3. The first-order chi connectivity index (χ1) is 8.04. The second-order valence-corrected chi connectivity index (χ2v) is 4.22. The average molecular weight is 237 g/mol. The van der Waals surface area contributed by atoms with E-state index in [1.54, 1.807) is 12.4 Å². The number of nitrogens with one attached hydrogen (secondary N) is 1. The SMILES string of the molecule is CC[C@@H](C)[C@@H](NCc1cnc(C)nc1)C(=O)O. The molecule has 94 valence electrons. The minimum atomic E-state index is -0.813. The van der Waals surface area contributed by atoms with Gasteiger partial charge in [0, 0.05) is 24.5 Å². The maximum absolute atomic E-state index is 11.1. The van der Waals surface area contributed by atoms with Crippen molar-refractivity contribution >= 4 is 5.97 Å². The molecule has 0 fully saturated rings. The van der Waals surface area contributed by atoms with E-state index in [0.29, 0.717) is 12.4 Å². The number of hydrogen-bond acceptors (Lipinski definition) is 4. The van der Waals surface area contributed by atoms with Gasteiger partial charge in [-0.2, -0.15) is 0 Å². The third-order valence-electron chi connectivity index (χ3n) is 2.84. The van der Waals surface area contributed by atoms with E-state index in [1.165, 1.54) is 0 Å². The van der Waals surface area contributed by atoms with Crippen LogP contribution in [0.3, 0.4) is 0 Å². The molecule has 0 bridgehead atoms. The number of hydrogen-bond donors (Lipinski definition) is 2. The molecule has 1 aromatic heterocycles. The minimum absolute atomic E-state index is 0.0962. The van der Waals surface area contributed by atoms with Crippen LogP contribution in [0.25, 0.3) is 0 Å². The number of carboxylic acid groups (broad SMARTS) is 1. The number of aryl methyl sites for hydroxylation is 1. The molecular weight excluding hydrogens is 218 g/mol. The minimum Gasteiger partial charge on any atom is -0.480 e. The van der Waals surface area contributed by atoms with E-state index in [4.69, 9.17) is 5.11 Å². The molecule has 0 aliphatic carbocycles. The van der Waals surface area contributed by atoms with Crippen LogP contribution < -0.4 is 5.32 Å². The van der Waals surface area contributed by atoms with Gasteiger partial charge in [0.2, 0.25) is 0 Å². The lowest BCUT2D eigenvalue weighted by Gasteiger charge is -2.19. The summed E-state index contributed by atoms with van der Waals surface area (Å²) in [7, 11) is 0. The monoisotopic (exact) mass is 237 g/mol. The molecule has 17 heavy (non-hydrogen) atoms. The van der Waals surface area contributed by atoms with E-state index >= 15 is 0 Å². The first-order valence-corrected chi connectivity index (χ1v) is 5.78. The molecular formula is C12H19N3O2. The second kappa shape index (κ2) is 6.30. The van der Waals surface area contributed by atoms with Crippen molar-refractivity contribution in [2.45, 2.75) is 39.8 Å². The van der Waals surface area contributed by atoms with Crippen molar-refractivity contribution in [3.8, 4) is 0 Å². The molecule has 0 unspecified atom stereocenters. The smallest absolute Gasteiger partial charge is 0.320 e. The highest BCUT2D eigenvalue weighted by Crippen LogP contribution is 2.08. The first kappa shape index (κ1) is 13.6. The molecule has 1 heterocycles. The van der Waals surface area contributed by atoms with Crippen LogP contribution in [-0.4, -0.2) is 27.1 Å². The van der Waals surface area contributed by atoms with Gasteiger partial charge in [-0.3, -0.25) is 10.1 Å². The van der Waals surface area contributed by atoms with E-state index in [1.807, 2.05) is 20.8 Å². The Labute approximate surface area is 101 Å². The van der Waals surface area contributed by atoms with Crippen molar-refractivity contribution in [3.63, 3.8) is 0 Å². The molecule has 5 heteroatoms. The molecule has 2 atom stereocenters. The Morgan fingerprint density at radius 3 is 2.53 bits per heavy atom. The molecule has 1 aromatic rings. The van der Waals surface area contributed by atoms with Crippen molar-refractivity contribution in [1.29, 1.82) is 0 Å². The largest absolute Gasteiger partial charge is 0.480 e. The number of rotatable bonds is 6. The summed E-state index contributed by atoms with van der Waals surface area (Å²) in [5, 5.41) is 12.1. The molecule has 0 aliphatic rings. The van der Waals surface area contributed by atoms with Crippen LogP contribution in [0.1, 0.15) is 31.7 Å². The summed E-state index contributed by atoms with van der Waals surface area (Å²) < 4.78 is 0. The van der Waals surface area contributed by atoms with Crippen molar-refractivity contribution in [3.05, 3.63) is 23.8 Å². The van der Waals surface area contributed by atoms with Gasteiger partial charge >= 0.3 is 5.97 Å². The zero-order valence-electron chi connectivity index (χ0n) is 10.5. The van der Waals surface area contributed by atoms with E-state index in [9.17, 15) is 4.79 Å². The van der Waals surface area contributed by atoms with Crippen molar-refractivity contribution in [2.75, 3.05) is 0 Å². The summed E-state index contributed by atoms with van der Waals surface area (Å²) in [4.78, 5) is 19.2. The molecule has 0 aromatic carbocycles. The van der Waals surface area contributed by atoms with Gasteiger partial charge in [0.05, 0.1) is 0 Å². The fourth-order valence-corrected chi connectivity index (χ4v) is 1.51. The quantitative estimate of drug-likeness (QED) is 0.781. The van der Waals surface area contributed by atoms with Crippen molar-refractivity contribution in [1.82, 2.24) is 15.3 Å². The van der Waals surface area contributed by atoms with Gasteiger partial charge < -0.3 is 5.11 Å². The Hall–Kier alpha value is -1.49. The highest BCUT2D eigenvalue weighted by atomic mass is 16.4. The van der Waals surface area contributed by atoms with E-state index in [2.05, 4.69) is 15.3 Å². The Balaban J connectivity index is 2.57. The summed E-state index contributed by atoms with van der Waals surface area (Å²) in [6, 6.07) is -0.527. The highest BCUT2D eigenvalue weighted by Gasteiger charge is 2.22. The maximum Gasteiger partial charge on any atom is 0.320 e. The van der Waals surface area contributed by atoms with Crippen LogP contribution in [0.15, 0.2) is 12.4 Å². The van der Waals surface area contributed by atoms with Gasteiger partial charge in [0.25, 0.3) is 0 Å². The zero-order valence-corrected chi connectivity index (χ0v) is 10.5. The lowest BCUT2D eigenvalue weighted by atomic mass is 9.99. The lowest BCUT2D eigenvalue weighted by Crippen LogP contribution is -2.41. The van der Waals surface area contributed by atoms with Crippen LogP contribution >= 0.6 is 0 Å². The zero-order chi connectivity index (χ0) is 12.8. The standard InChI is InChI=1S/C12H19N3O2/c1-4-8(2)11(12(16)17)15-7-10-5-13-9(3)14-6-10/h5-6,8,11,15H,4,7H2,1-3H3,(H,16,17)/t8-,11-/m1/s1. The highest BCUT2D eigenvalue weighted by molar-refractivity contribution is 5.73. The number of aliphatic carboxylic acids is 1. The van der Waals surface area contributed by atoms with Crippen molar-refractivity contribution < 1.29 is 9.90 Å². The van der Waals surface area contributed by atoms with E-state index < -0.39 is 12.0 Å². The van der Waals surface area contributed by atoms with Crippen LogP contribution in [-0.2, 0) is 11.3 Å². The van der Waals surface area contributed by atoms with Gasteiger partial charge in [-0.15, -0.1) is 0 Å². The molecule has 0 spiro atoms. The number of carboxylic acids is 1. The second-order valence-electron chi connectivity index (χ2n) is 4.22. The molecule has 0 saturated carbocycles. The summed E-state index contributed by atoms with van der Waals surface area (Å²) in [5.74, 6) is -0.00305. The Morgan fingerprint density at radius 1 is 1.47 bits per heavy atom. The summed E-state index contributed by atoms with van der Waals surface area (Å²) in [5.41, 5.74) is 0.894. The topological polar surface area (TPSA) is 75.1 Å². The van der Waals surface area contributed by atoms with Crippen molar-refractivity contribution in [2.24, 2.45) is 5.92 Å². The van der Waals surface area contributed by atoms with Crippen LogP contribution in [0.5, 0.6) is 0 Å². The van der Waals surface area contributed by atoms with Crippen LogP contribution in [0.4, 0.5) is 0 Å². The molecule has 0 radical (unpaired) electrons. The Kier molecular flexibility index (Phi) is 5.03. The Morgan fingerprint density at radius 2 is 2.06 bits per heavy atom. The first-order valence-electron chi connectivity index (χ1n) is 5.78. The summed E-state index contributed by atoms with van der Waals surface area (Å²) in [6.45, 7) is 6.20. The Bertz CT molecular complexity index is 365. The van der Waals surface area contributed by atoms with Gasteiger partial charge in [-0.1, -0.05) is 20.3 Å². The maximum atomic E-state index is 11.1. The predicted molar refractivity (Wildman–Crippen MR) is 64.5 cm³/mol. The number of carbonyl (C=O) groups is 1. The molecule has 0 amide bonds. The lowest BCUT2D eigenvalue weighted by molar-refractivity contribution is -0.140. The van der Waals surface area contributed by atoms with Gasteiger partial charge in [0.15, 0.2) is 0 Å². The molecule has 2 N–H and O–H groups in total. The van der Waals surface area contributed by atoms with E-state index in [0.717, 1.165) is 12.0 Å². The van der Waals surface area contributed by atoms with Gasteiger partial charge in [-0.05, 0) is 12.8 Å². The van der Waals surface area contributed by atoms with Crippen LogP contribution in [0.2, 0.25) is 0 Å². The van der Waals surface area contributed by atoms with Gasteiger partial charge in [0.1, 0.15) is 11.9 Å². The van der Waals surface area contributed by atoms with Crippen LogP contribution in [0, 0.1) is 12.8 Å². The average Bonchev–Trinajstić information content (AvgIpc) is 2.31.